The summed E-state index contributed by atoms with van der Waals surface area (Å²) in [6.07, 6.45) is 6.27. The lowest BCUT2D eigenvalue weighted by Crippen LogP contribution is -2.40. The first-order valence-electron chi connectivity index (χ1n) is 8.11. The van der Waals surface area contributed by atoms with Crippen LogP contribution in [0.4, 0.5) is 0 Å². The Morgan fingerprint density at radius 3 is 3.12 bits per heavy atom. The van der Waals surface area contributed by atoms with Crippen LogP contribution in [0.25, 0.3) is 0 Å². The highest BCUT2D eigenvalue weighted by Gasteiger charge is 2.23. The lowest BCUT2D eigenvalue weighted by atomic mass is 10.1. The Hall–Kier alpha value is -2.21. The van der Waals surface area contributed by atoms with Crippen molar-refractivity contribution < 1.29 is 14.3 Å². The topological polar surface area (TPSA) is 65.4 Å². The molecular weight excluding hydrogens is 330 g/mol. The summed E-state index contributed by atoms with van der Waals surface area (Å²) in [5.41, 5.74) is 0.487. The number of halogens is 1. The molecule has 1 aromatic carbocycles. The van der Waals surface area contributed by atoms with E-state index >= 15 is 0 Å². The maximum Gasteiger partial charge on any atom is 0.251 e. The molecule has 126 valence electrons. The predicted octanol–water partition coefficient (Wildman–Crippen LogP) is 2.44. The molecule has 2 aliphatic heterocycles. The minimum atomic E-state index is -0.152. The molecule has 6 nitrogen and oxygen atoms in total. The molecule has 1 aromatic heterocycles. The van der Waals surface area contributed by atoms with E-state index in [0.717, 1.165) is 31.6 Å². The Morgan fingerprint density at radius 1 is 1.33 bits per heavy atom. The van der Waals surface area contributed by atoms with Crippen molar-refractivity contribution in [2.45, 2.75) is 31.8 Å². The quantitative estimate of drug-likeness (QED) is 0.906. The minimum absolute atomic E-state index is 0.0777. The first kappa shape index (κ1) is 15.3. The molecule has 24 heavy (non-hydrogen) atoms. The number of imidazole rings is 1. The minimum Gasteiger partial charge on any atom is -0.489 e. The van der Waals surface area contributed by atoms with Gasteiger partial charge in [-0.25, -0.2) is 4.98 Å². The van der Waals surface area contributed by atoms with Gasteiger partial charge < -0.3 is 19.4 Å². The molecule has 1 atom stereocenters. The molecule has 1 amide bonds. The van der Waals surface area contributed by atoms with Crippen LogP contribution in [0.1, 0.15) is 29.0 Å². The smallest absolute Gasteiger partial charge is 0.251 e. The van der Waals surface area contributed by atoms with E-state index in [1.807, 2.05) is 6.20 Å². The molecule has 0 saturated carbocycles. The molecule has 0 bridgehead atoms. The molecule has 2 aliphatic rings. The van der Waals surface area contributed by atoms with E-state index in [4.69, 9.17) is 21.1 Å². The van der Waals surface area contributed by atoms with Gasteiger partial charge in [-0.05, 0) is 18.6 Å². The molecule has 0 fully saturated rings. The number of hydrogen-bond donors (Lipinski definition) is 1. The third-order valence-electron chi connectivity index (χ3n) is 4.33. The molecule has 7 heteroatoms. The van der Waals surface area contributed by atoms with Gasteiger partial charge in [-0.15, -0.1) is 0 Å². The van der Waals surface area contributed by atoms with Crippen molar-refractivity contribution in [3.8, 4) is 11.5 Å². The molecular formula is C17H18ClN3O3. The van der Waals surface area contributed by atoms with Crippen LogP contribution in [0.5, 0.6) is 11.5 Å². The zero-order valence-electron chi connectivity index (χ0n) is 13.1. The monoisotopic (exact) mass is 347 g/mol. The van der Waals surface area contributed by atoms with Gasteiger partial charge in [-0.1, -0.05) is 11.6 Å². The first-order chi connectivity index (χ1) is 11.7. The van der Waals surface area contributed by atoms with Crippen molar-refractivity contribution in [1.29, 1.82) is 0 Å². The fraction of sp³-hybridized carbons (Fsp3) is 0.412. The first-order valence-corrected chi connectivity index (χ1v) is 8.48. The highest BCUT2D eigenvalue weighted by atomic mass is 35.5. The third kappa shape index (κ3) is 2.94. The number of nitrogens with zero attached hydrogens (tertiary/aromatic N) is 2. The molecule has 0 saturated heterocycles. The van der Waals surface area contributed by atoms with E-state index in [1.54, 1.807) is 18.3 Å². The molecule has 0 spiro atoms. The summed E-state index contributed by atoms with van der Waals surface area (Å²) in [6, 6.07) is 3.41. The van der Waals surface area contributed by atoms with Gasteiger partial charge >= 0.3 is 0 Å². The van der Waals surface area contributed by atoms with Crippen molar-refractivity contribution in [3.05, 3.63) is 40.9 Å². The lowest BCUT2D eigenvalue weighted by Gasteiger charge is -2.25. The van der Waals surface area contributed by atoms with Crippen LogP contribution in [0.2, 0.25) is 5.02 Å². The van der Waals surface area contributed by atoms with Gasteiger partial charge in [0.2, 0.25) is 0 Å². The van der Waals surface area contributed by atoms with E-state index in [0.29, 0.717) is 35.3 Å². The van der Waals surface area contributed by atoms with Gasteiger partial charge in [0.25, 0.3) is 5.91 Å². The number of ether oxygens (including phenoxy) is 2. The van der Waals surface area contributed by atoms with Gasteiger partial charge in [0, 0.05) is 43.4 Å². The number of carbonyl (C=O) groups is 1. The van der Waals surface area contributed by atoms with Gasteiger partial charge in [0.1, 0.15) is 5.82 Å². The van der Waals surface area contributed by atoms with Gasteiger partial charge in [0.05, 0.1) is 18.2 Å². The van der Waals surface area contributed by atoms with Crippen LogP contribution in [-0.2, 0) is 13.0 Å². The van der Waals surface area contributed by atoms with Crippen molar-refractivity contribution in [2.75, 3.05) is 13.2 Å². The Labute approximate surface area is 144 Å². The van der Waals surface area contributed by atoms with Crippen LogP contribution in [0.3, 0.4) is 0 Å². The normalized spacial score (nSPS) is 19.3. The third-order valence-corrected chi connectivity index (χ3v) is 4.62. The molecule has 1 unspecified atom stereocenters. The van der Waals surface area contributed by atoms with Crippen molar-refractivity contribution in [3.63, 3.8) is 0 Å². The summed E-state index contributed by atoms with van der Waals surface area (Å²) in [4.78, 5) is 16.9. The molecule has 3 heterocycles. The fourth-order valence-electron chi connectivity index (χ4n) is 3.11. The maximum absolute atomic E-state index is 12.6. The maximum atomic E-state index is 12.6. The van der Waals surface area contributed by atoms with Crippen LogP contribution >= 0.6 is 11.6 Å². The van der Waals surface area contributed by atoms with Crippen molar-refractivity contribution >= 4 is 17.5 Å². The van der Waals surface area contributed by atoms with Gasteiger partial charge in [-0.2, -0.15) is 0 Å². The van der Waals surface area contributed by atoms with Crippen LogP contribution in [-0.4, -0.2) is 34.7 Å². The Morgan fingerprint density at radius 2 is 2.21 bits per heavy atom. The second-order valence-electron chi connectivity index (χ2n) is 6.04. The van der Waals surface area contributed by atoms with Crippen LogP contribution < -0.4 is 14.8 Å². The molecule has 0 radical (unpaired) electrons. The van der Waals surface area contributed by atoms with Crippen molar-refractivity contribution in [2.24, 2.45) is 0 Å². The molecule has 2 aromatic rings. The number of aromatic nitrogens is 2. The number of carbonyl (C=O) groups excluding carboxylic acids is 1. The molecule has 4 rings (SSSR count). The fourth-order valence-corrected chi connectivity index (χ4v) is 3.38. The van der Waals surface area contributed by atoms with Crippen molar-refractivity contribution in [1.82, 2.24) is 14.9 Å². The van der Waals surface area contributed by atoms with Crippen LogP contribution in [0, 0.1) is 0 Å². The van der Waals surface area contributed by atoms with Gasteiger partial charge in [-0.3, -0.25) is 4.79 Å². The lowest BCUT2D eigenvalue weighted by molar-refractivity contribution is 0.0927. The predicted molar refractivity (Wildman–Crippen MR) is 88.9 cm³/mol. The van der Waals surface area contributed by atoms with E-state index in [1.165, 1.54) is 0 Å². The summed E-state index contributed by atoms with van der Waals surface area (Å²) < 4.78 is 13.3. The molecule has 0 aliphatic carbocycles. The average molecular weight is 348 g/mol. The van der Waals surface area contributed by atoms with E-state index in [2.05, 4.69) is 14.9 Å². The van der Waals surface area contributed by atoms with Gasteiger partial charge in [0.15, 0.2) is 11.5 Å². The summed E-state index contributed by atoms with van der Waals surface area (Å²) in [7, 11) is 0. The summed E-state index contributed by atoms with van der Waals surface area (Å²) >= 11 is 6.26. The number of aryl methyl sites for hydroxylation is 1. The largest absolute Gasteiger partial charge is 0.489 e. The standard InChI is InChI=1S/C17H18ClN3O3/c18-13-8-11(9-14-16(13)24-7-1-6-23-14)17(22)20-12-2-3-15-19-4-5-21(15)10-12/h4-5,8-9,12H,1-3,6-7,10H2,(H,20,22). The SMILES string of the molecule is O=C(NC1CCc2nccn2C1)c1cc(Cl)c2c(c1)OCCCO2. The number of nitrogens with one attached hydrogen (secondary N) is 1. The van der Waals surface area contributed by atoms with Crippen LogP contribution in [0.15, 0.2) is 24.5 Å². The zero-order chi connectivity index (χ0) is 16.5. The van der Waals surface area contributed by atoms with E-state index in [-0.39, 0.29) is 11.9 Å². The number of hydrogen-bond acceptors (Lipinski definition) is 4. The second-order valence-corrected chi connectivity index (χ2v) is 6.45. The summed E-state index contributed by atoms with van der Waals surface area (Å²) in [6.45, 7) is 1.85. The highest BCUT2D eigenvalue weighted by Crippen LogP contribution is 2.38. The number of amides is 1. The number of benzene rings is 1. The Bertz CT molecular complexity index is 774. The number of fused-ring (bicyclic) bond motifs is 2. The second kappa shape index (κ2) is 6.36. The highest BCUT2D eigenvalue weighted by molar-refractivity contribution is 6.32. The summed E-state index contributed by atoms with van der Waals surface area (Å²) in [5.74, 6) is 1.97. The number of rotatable bonds is 2. The zero-order valence-corrected chi connectivity index (χ0v) is 13.9. The Kier molecular flexibility index (Phi) is 4.06. The van der Waals surface area contributed by atoms with E-state index in [9.17, 15) is 4.79 Å². The summed E-state index contributed by atoms with van der Waals surface area (Å²) in [5, 5.41) is 3.48. The molecule has 1 N–H and O–H groups in total. The Balaban J connectivity index is 1.51. The van der Waals surface area contributed by atoms with E-state index < -0.39 is 0 Å². The average Bonchev–Trinajstić information content (AvgIpc) is 2.90.